The maximum Gasteiger partial charge on any atom is 0.119 e. The van der Waals surface area contributed by atoms with E-state index >= 15 is 0 Å². The molecule has 2 N–H and O–H groups in total. The Kier molecular flexibility index (Phi) is 8.84. The highest BCUT2D eigenvalue weighted by Crippen LogP contribution is 2.13. The zero-order valence-electron chi connectivity index (χ0n) is 17.6. The number of likely N-dealkylation sites (N-methyl/N-ethyl adjacent to an activating group) is 1. The van der Waals surface area contributed by atoms with Crippen LogP contribution in [0.3, 0.4) is 0 Å². The van der Waals surface area contributed by atoms with Crippen LogP contribution < -0.4 is 10.1 Å². The number of aliphatic hydroxyl groups is 1. The van der Waals surface area contributed by atoms with Crippen LogP contribution in [-0.4, -0.2) is 47.8 Å². The van der Waals surface area contributed by atoms with Crippen molar-refractivity contribution < 1.29 is 9.84 Å². The van der Waals surface area contributed by atoms with E-state index in [2.05, 4.69) is 39.5 Å². The van der Waals surface area contributed by atoms with E-state index in [1.807, 2.05) is 61.9 Å². The Bertz CT molecular complexity index is 841. The molecule has 1 heterocycles. The van der Waals surface area contributed by atoms with Gasteiger partial charge in [0.2, 0.25) is 0 Å². The van der Waals surface area contributed by atoms with Gasteiger partial charge >= 0.3 is 0 Å². The zero-order valence-corrected chi connectivity index (χ0v) is 17.6. The van der Waals surface area contributed by atoms with Crippen LogP contribution in [0.2, 0.25) is 0 Å². The number of hydrogen-bond donors (Lipinski definition) is 2. The summed E-state index contributed by atoms with van der Waals surface area (Å²) in [5, 5.41) is 13.7. The average molecular weight is 406 g/mol. The fourth-order valence-electron chi connectivity index (χ4n) is 3.28. The van der Waals surface area contributed by atoms with Crippen molar-refractivity contribution in [2.45, 2.75) is 25.6 Å². The minimum atomic E-state index is -0.534. The first-order valence-corrected chi connectivity index (χ1v) is 10.4. The standard InChI is InChI=1S/C25H31N3O2/c1-28(18-23-5-3-2-4-6-23)19-24(29)20-30-25-9-7-22(8-10-25)17-27-16-13-21-11-14-26-15-12-21/h2-12,14-15,24,27,29H,13,16-20H2,1H3/t24-/m1/s1. The number of hydrogen-bond acceptors (Lipinski definition) is 5. The molecule has 1 aromatic heterocycles. The van der Waals surface area contributed by atoms with Crippen LogP contribution in [0.4, 0.5) is 0 Å². The van der Waals surface area contributed by atoms with Gasteiger partial charge in [-0.1, -0.05) is 42.5 Å². The van der Waals surface area contributed by atoms with Gasteiger partial charge < -0.3 is 15.2 Å². The molecule has 1 atom stereocenters. The fourth-order valence-corrected chi connectivity index (χ4v) is 3.28. The Hall–Kier alpha value is -2.73. The first-order chi connectivity index (χ1) is 14.7. The van der Waals surface area contributed by atoms with Crippen LogP contribution in [0.5, 0.6) is 5.75 Å². The summed E-state index contributed by atoms with van der Waals surface area (Å²) >= 11 is 0. The van der Waals surface area contributed by atoms with Crippen LogP contribution in [0.1, 0.15) is 16.7 Å². The van der Waals surface area contributed by atoms with Crippen molar-refractivity contribution in [2.24, 2.45) is 0 Å². The van der Waals surface area contributed by atoms with Crippen molar-refractivity contribution in [1.29, 1.82) is 0 Å². The molecule has 3 rings (SSSR count). The molecule has 2 aromatic carbocycles. The van der Waals surface area contributed by atoms with Gasteiger partial charge in [-0.15, -0.1) is 0 Å². The van der Waals surface area contributed by atoms with Gasteiger partial charge in [0.05, 0.1) is 0 Å². The predicted octanol–water partition coefficient (Wildman–Crippen LogP) is 3.29. The van der Waals surface area contributed by atoms with Gasteiger partial charge in [0.15, 0.2) is 0 Å². The summed E-state index contributed by atoms with van der Waals surface area (Å²) in [7, 11) is 2.01. The molecule has 0 saturated heterocycles. The lowest BCUT2D eigenvalue weighted by Gasteiger charge is -2.21. The van der Waals surface area contributed by atoms with Gasteiger partial charge in [-0.3, -0.25) is 9.88 Å². The highest BCUT2D eigenvalue weighted by molar-refractivity contribution is 5.27. The molecular weight excluding hydrogens is 374 g/mol. The Morgan fingerprint density at radius 1 is 0.933 bits per heavy atom. The van der Waals surface area contributed by atoms with Crippen molar-refractivity contribution in [3.63, 3.8) is 0 Å². The van der Waals surface area contributed by atoms with E-state index in [-0.39, 0.29) is 6.61 Å². The highest BCUT2D eigenvalue weighted by atomic mass is 16.5. The molecule has 3 aromatic rings. The highest BCUT2D eigenvalue weighted by Gasteiger charge is 2.10. The average Bonchev–Trinajstić information content (AvgIpc) is 2.77. The van der Waals surface area contributed by atoms with Crippen LogP contribution in [0.15, 0.2) is 79.1 Å². The Balaban J connectivity index is 1.32. The number of benzene rings is 2. The van der Waals surface area contributed by atoms with Crippen LogP contribution in [0.25, 0.3) is 0 Å². The second kappa shape index (κ2) is 12.1. The molecule has 0 aliphatic carbocycles. The second-order valence-corrected chi connectivity index (χ2v) is 7.57. The molecule has 0 saturated carbocycles. The summed E-state index contributed by atoms with van der Waals surface area (Å²) in [4.78, 5) is 6.14. The van der Waals surface area contributed by atoms with Crippen molar-refractivity contribution in [3.05, 3.63) is 95.8 Å². The van der Waals surface area contributed by atoms with E-state index < -0.39 is 6.10 Å². The normalized spacial score (nSPS) is 12.1. The van der Waals surface area contributed by atoms with Crippen molar-refractivity contribution in [1.82, 2.24) is 15.2 Å². The molecule has 0 spiro atoms. The molecule has 158 valence electrons. The van der Waals surface area contributed by atoms with Gasteiger partial charge in [-0.2, -0.15) is 0 Å². The fraction of sp³-hybridized carbons (Fsp3) is 0.320. The minimum Gasteiger partial charge on any atom is -0.491 e. The topological polar surface area (TPSA) is 57.6 Å². The summed E-state index contributed by atoms with van der Waals surface area (Å²) in [5.41, 5.74) is 3.73. The molecule has 0 bridgehead atoms. The predicted molar refractivity (Wildman–Crippen MR) is 120 cm³/mol. The lowest BCUT2D eigenvalue weighted by molar-refractivity contribution is 0.0744. The molecule has 0 radical (unpaired) electrons. The van der Waals surface area contributed by atoms with E-state index in [4.69, 9.17) is 4.74 Å². The quantitative estimate of drug-likeness (QED) is 0.453. The maximum atomic E-state index is 10.3. The van der Waals surface area contributed by atoms with Gasteiger partial charge in [0.25, 0.3) is 0 Å². The smallest absolute Gasteiger partial charge is 0.119 e. The third-order valence-corrected chi connectivity index (χ3v) is 4.85. The zero-order chi connectivity index (χ0) is 21.0. The molecule has 5 heteroatoms. The van der Waals surface area contributed by atoms with Gasteiger partial charge in [-0.05, 0) is 61.0 Å². The lowest BCUT2D eigenvalue weighted by atomic mass is 10.2. The van der Waals surface area contributed by atoms with Crippen molar-refractivity contribution in [2.75, 3.05) is 26.7 Å². The number of nitrogens with zero attached hydrogens (tertiary/aromatic N) is 2. The summed E-state index contributed by atoms with van der Waals surface area (Å²) in [6.07, 6.45) is 4.10. The second-order valence-electron chi connectivity index (χ2n) is 7.57. The summed E-state index contributed by atoms with van der Waals surface area (Å²) in [6, 6.07) is 22.4. The Labute approximate surface area is 179 Å². The van der Waals surface area contributed by atoms with E-state index in [9.17, 15) is 5.11 Å². The number of pyridine rings is 1. The molecule has 30 heavy (non-hydrogen) atoms. The number of ether oxygens (including phenoxy) is 1. The largest absolute Gasteiger partial charge is 0.491 e. The maximum absolute atomic E-state index is 10.3. The molecule has 0 amide bonds. The molecule has 0 aliphatic rings. The van der Waals surface area contributed by atoms with Gasteiger partial charge in [0.1, 0.15) is 18.5 Å². The van der Waals surface area contributed by atoms with Gasteiger partial charge in [0, 0.05) is 32.0 Å². The summed E-state index contributed by atoms with van der Waals surface area (Å²) in [5.74, 6) is 0.778. The number of nitrogens with one attached hydrogen (secondary N) is 1. The first kappa shape index (κ1) is 22.0. The van der Waals surface area contributed by atoms with E-state index in [1.165, 1.54) is 16.7 Å². The number of aromatic nitrogens is 1. The molecule has 0 unspecified atom stereocenters. The monoisotopic (exact) mass is 405 g/mol. The number of aliphatic hydroxyl groups excluding tert-OH is 1. The minimum absolute atomic E-state index is 0.280. The third kappa shape index (κ3) is 7.95. The molecule has 5 nitrogen and oxygen atoms in total. The van der Waals surface area contributed by atoms with Crippen molar-refractivity contribution >= 4 is 0 Å². The molecule has 0 aliphatic heterocycles. The van der Waals surface area contributed by atoms with Crippen LogP contribution >= 0.6 is 0 Å². The Morgan fingerprint density at radius 3 is 2.40 bits per heavy atom. The molecule has 0 fully saturated rings. The van der Waals surface area contributed by atoms with E-state index in [0.717, 1.165) is 31.8 Å². The lowest BCUT2D eigenvalue weighted by Crippen LogP contribution is -2.32. The first-order valence-electron chi connectivity index (χ1n) is 10.4. The summed E-state index contributed by atoms with van der Waals surface area (Å²) in [6.45, 7) is 3.39. The van der Waals surface area contributed by atoms with Crippen LogP contribution in [0, 0.1) is 0 Å². The summed E-state index contributed by atoms with van der Waals surface area (Å²) < 4.78 is 5.75. The SMILES string of the molecule is CN(Cc1ccccc1)C[C@@H](O)COc1ccc(CNCCc2ccncc2)cc1. The van der Waals surface area contributed by atoms with Gasteiger partial charge in [-0.25, -0.2) is 0 Å². The Morgan fingerprint density at radius 2 is 1.67 bits per heavy atom. The van der Waals surface area contributed by atoms with Crippen LogP contribution in [-0.2, 0) is 19.5 Å². The number of rotatable bonds is 12. The van der Waals surface area contributed by atoms with E-state index in [0.29, 0.717) is 6.54 Å². The van der Waals surface area contributed by atoms with E-state index in [1.54, 1.807) is 0 Å². The molecular formula is C25H31N3O2. The third-order valence-electron chi connectivity index (χ3n) is 4.85. The van der Waals surface area contributed by atoms with Crippen molar-refractivity contribution in [3.8, 4) is 5.75 Å².